The van der Waals surface area contributed by atoms with Gasteiger partial charge >= 0.3 is 0 Å². The molecular formula is C27H29N3O5. The molecule has 0 bridgehead atoms. The van der Waals surface area contributed by atoms with Gasteiger partial charge in [-0.1, -0.05) is 36.4 Å². The first-order valence-electron chi connectivity index (χ1n) is 10.9. The van der Waals surface area contributed by atoms with Gasteiger partial charge in [-0.2, -0.15) is 0 Å². The third kappa shape index (κ3) is 6.91. The number of methoxy groups -OCH3 is 3. The molecule has 1 amide bonds. The summed E-state index contributed by atoms with van der Waals surface area (Å²) in [5.41, 5.74) is 3.63. The minimum Gasteiger partial charge on any atom is -0.493 e. The van der Waals surface area contributed by atoms with Crippen molar-refractivity contribution in [3.8, 4) is 17.2 Å². The molecule has 8 heteroatoms. The van der Waals surface area contributed by atoms with Gasteiger partial charge in [-0.05, 0) is 59.3 Å². The van der Waals surface area contributed by atoms with Gasteiger partial charge in [-0.25, -0.2) is 0 Å². The molecule has 3 aromatic carbocycles. The number of carbonyl (C=O) groups is 1. The summed E-state index contributed by atoms with van der Waals surface area (Å²) in [4.78, 5) is 25.2. The van der Waals surface area contributed by atoms with Crippen LogP contribution in [0.2, 0.25) is 0 Å². The minimum atomic E-state index is -0.338. The molecule has 3 rings (SSSR count). The fourth-order valence-corrected chi connectivity index (χ4v) is 3.65. The van der Waals surface area contributed by atoms with E-state index < -0.39 is 0 Å². The van der Waals surface area contributed by atoms with Gasteiger partial charge in [0.25, 0.3) is 0 Å². The molecule has 8 nitrogen and oxygen atoms in total. The summed E-state index contributed by atoms with van der Waals surface area (Å²) in [5.74, 6) is 1.49. The first-order chi connectivity index (χ1) is 17.0. The fourth-order valence-electron chi connectivity index (χ4n) is 3.65. The van der Waals surface area contributed by atoms with Crippen LogP contribution in [-0.2, 0) is 17.9 Å². The molecule has 0 unspecified atom stereocenters. The summed E-state index contributed by atoms with van der Waals surface area (Å²) in [6.07, 6.45) is 3.14. The number of carbonyl (C=O) groups excluding carboxylic acids is 1. The number of rotatable bonds is 11. The number of amides is 1. The quantitative estimate of drug-likeness (QED) is 0.295. The second-order valence-electron chi connectivity index (χ2n) is 7.88. The SMILES string of the molecule is COc1cc(CN(C)Cc2ccc(/C=C/C(=O)Nc3ccccc3N=O)cc2)cc(OC)c1OC. The average molecular weight is 476 g/mol. The highest BCUT2D eigenvalue weighted by atomic mass is 16.5. The highest BCUT2D eigenvalue weighted by Crippen LogP contribution is 2.38. The van der Waals surface area contributed by atoms with E-state index in [9.17, 15) is 9.70 Å². The summed E-state index contributed by atoms with van der Waals surface area (Å²) in [5, 5.41) is 5.58. The topological polar surface area (TPSA) is 89.5 Å². The molecule has 35 heavy (non-hydrogen) atoms. The zero-order valence-electron chi connectivity index (χ0n) is 20.3. The number of nitroso groups, excluding NO2 is 1. The maximum atomic E-state index is 12.2. The lowest BCUT2D eigenvalue weighted by Gasteiger charge is -2.19. The van der Waals surface area contributed by atoms with Gasteiger partial charge < -0.3 is 19.5 Å². The Hall–Kier alpha value is -4.17. The van der Waals surface area contributed by atoms with E-state index in [0.717, 1.165) is 23.2 Å². The molecule has 0 aromatic heterocycles. The van der Waals surface area contributed by atoms with Crippen LogP contribution in [0.4, 0.5) is 11.4 Å². The van der Waals surface area contributed by atoms with Crippen molar-refractivity contribution in [3.63, 3.8) is 0 Å². The predicted molar refractivity (Wildman–Crippen MR) is 137 cm³/mol. The van der Waals surface area contributed by atoms with Crippen molar-refractivity contribution in [2.24, 2.45) is 5.18 Å². The highest BCUT2D eigenvalue weighted by Gasteiger charge is 2.14. The molecule has 1 N–H and O–H groups in total. The molecule has 0 saturated carbocycles. The molecule has 0 heterocycles. The minimum absolute atomic E-state index is 0.189. The summed E-state index contributed by atoms with van der Waals surface area (Å²) in [6.45, 7) is 1.42. The van der Waals surface area contributed by atoms with Crippen LogP contribution < -0.4 is 19.5 Å². The monoisotopic (exact) mass is 475 g/mol. The predicted octanol–water partition coefficient (Wildman–Crippen LogP) is 5.39. The summed E-state index contributed by atoms with van der Waals surface area (Å²) in [7, 11) is 6.83. The summed E-state index contributed by atoms with van der Waals surface area (Å²) >= 11 is 0. The van der Waals surface area contributed by atoms with Crippen LogP contribution in [0.25, 0.3) is 6.08 Å². The van der Waals surface area contributed by atoms with E-state index in [0.29, 0.717) is 29.5 Å². The molecular weight excluding hydrogens is 446 g/mol. The van der Waals surface area contributed by atoms with E-state index in [1.54, 1.807) is 51.7 Å². The second kappa shape index (κ2) is 12.3. The number of para-hydroxylation sites is 1. The second-order valence-corrected chi connectivity index (χ2v) is 7.88. The van der Waals surface area contributed by atoms with Crippen molar-refractivity contribution in [1.82, 2.24) is 4.90 Å². The van der Waals surface area contributed by atoms with Crippen molar-refractivity contribution in [2.75, 3.05) is 33.7 Å². The van der Waals surface area contributed by atoms with Crippen molar-refractivity contribution in [3.05, 3.63) is 88.3 Å². The third-order valence-corrected chi connectivity index (χ3v) is 5.30. The van der Waals surface area contributed by atoms with Gasteiger partial charge in [-0.15, -0.1) is 4.91 Å². The Kier molecular flexibility index (Phi) is 8.97. The number of hydrogen-bond donors (Lipinski definition) is 1. The molecule has 0 aliphatic carbocycles. The van der Waals surface area contributed by atoms with Gasteiger partial charge in [0.1, 0.15) is 5.69 Å². The standard InChI is InChI=1S/C27H29N3O5/c1-30(18-21-15-24(33-2)27(35-4)25(16-21)34-3)17-20-11-9-19(10-12-20)13-14-26(31)28-22-7-5-6-8-23(22)29-32/h5-16H,17-18H2,1-4H3,(H,28,31)/b14-13+. The molecule has 0 aliphatic heterocycles. The van der Waals surface area contributed by atoms with Crippen LogP contribution >= 0.6 is 0 Å². The number of benzene rings is 3. The highest BCUT2D eigenvalue weighted by molar-refractivity contribution is 6.03. The lowest BCUT2D eigenvalue weighted by atomic mass is 10.1. The maximum Gasteiger partial charge on any atom is 0.248 e. The Labute approximate surface area is 205 Å². The van der Waals surface area contributed by atoms with Gasteiger partial charge in [0.15, 0.2) is 11.5 Å². The number of ether oxygens (including phenoxy) is 3. The Morgan fingerprint density at radius 2 is 1.54 bits per heavy atom. The number of nitrogens with one attached hydrogen (secondary N) is 1. The Balaban J connectivity index is 1.59. The van der Waals surface area contributed by atoms with E-state index in [-0.39, 0.29) is 11.6 Å². The zero-order chi connectivity index (χ0) is 25.2. The maximum absolute atomic E-state index is 12.2. The Morgan fingerprint density at radius 3 is 2.14 bits per heavy atom. The van der Waals surface area contributed by atoms with E-state index in [1.165, 1.54) is 6.08 Å². The smallest absolute Gasteiger partial charge is 0.248 e. The number of hydrogen-bond acceptors (Lipinski definition) is 7. The third-order valence-electron chi connectivity index (χ3n) is 5.30. The lowest BCUT2D eigenvalue weighted by Crippen LogP contribution is -2.17. The van der Waals surface area contributed by atoms with Crippen molar-refractivity contribution in [1.29, 1.82) is 0 Å². The van der Waals surface area contributed by atoms with Crippen LogP contribution in [0.15, 0.2) is 71.9 Å². The van der Waals surface area contributed by atoms with Crippen LogP contribution in [0.5, 0.6) is 17.2 Å². The van der Waals surface area contributed by atoms with Crippen molar-refractivity contribution >= 4 is 23.4 Å². The van der Waals surface area contributed by atoms with Crippen LogP contribution in [0.1, 0.15) is 16.7 Å². The molecule has 0 radical (unpaired) electrons. The largest absolute Gasteiger partial charge is 0.493 e. The molecule has 0 saturated heterocycles. The van der Waals surface area contributed by atoms with Crippen molar-refractivity contribution in [2.45, 2.75) is 13.1 Å². The number of nitrogens with zero attached hydrogens (tertiary/aromatic N) is 2. The molecule has 182 valence electrons. The summed E-state index contributed by atoms with van der Waals surface area (Å²) < 4.78 is 16.3. The molecule has 0 aliphatic rings. The Morgan fingerprint density at radius 1 is 0.914 bits per heavy atom. The van der Waals surface area contributed by atoms with E-state index in [2.05, 4.69) is 15.4 Å². The fraction of sp³-hybridized carbons (Fsp3) is 0.222. The van der Waals surface area contributed by atoms with E-state index in [1.807, 2.05) is 43.4 Å². The lowest BCUT2D eigenvalue weighted by molar-refractivity contribution is -0.111. The molecule has 0 atom stereocenters. The normalized spacial score (nSPS) is 10.9. The van der Waals surface area contributed by atoms with Crippen LogP contribution in [-0.4, -0.2) is 39.2 Å². The molecule has 0 spiro atoms. The summed E-state index contributed by atoms with van der Waals surface area (Å²) in [6, 6.07) is 18.4. The first kappa shape index (κ1) is 25.5. The van der Waals surface area contributed by atoms with Crippen LogP contribution in [0.3, 0.4) is 0 Å². The Bertz CT molecular complexity index is 1170. The average Bonchev–Trinajstić information content (AvgIpc) is 2.87. The van der Waals surface area contributed by atoms with E-state index >= 15 is 0 Å². The number of anilines is 1. The molecule has 0 fully saturated rings. The van der Waals surface area contributed by atoms with Gasteiger partial charge in [0.05, 0.1) is 27.0 Å². The van der Waals surface area contributed by atoms with Crippen LogP contribution in [0, 0.1) is 4.91 Å². The molecule has 3 aromatic rings. The van der Waals surface area contributed by atoms with Gasteiger partial charge in [0, 0.05) is 19.2 Å². The zero-order valence-corrected chi connectivity index (χ0v) is 20.3. The first-order valence-corrected chi connectivity index (χ1v) is 10.9. The van der Waals surface area contributed by atoms with Gasteiger partial charge in [-0.3, -0.25) is 9.69 Å². The van der Waals surface area contributed by atoms with Crippen molar-refractivity contribution < 1.29 is 19.0 Å². The van der Waals surface area contributed by atoms with E-state index in [4.69, 9.17) is 14.2 Å². The van der Waals surface area contributed by atoms with Gasteiger partial charge in [0.2, 0.25) is 11.7 Å².